The number of nitrogen functional groups attached to an aromatic ring is 1. The van der Waals surface area contributed by atoms with Crippen molar-refractivity contribution in [3.05, 3.63) is 89.2 Å². The first-order valence-corrected chi connectivity index (χ1v) is 9.24. The van der Waals surface area contributed by atoms with Crippen LogP contribution in [0.5, 0.6) is 0 Å². The molecule has 0 spiro atoms. The van der Waals surface area contributed by atoms with Crippen molar-refractivity contribution in [2.75, 3.05) is 16.4 Å². The van der Waals surface area contributed by atoms with Gasteiger partial charge in [0.2, 0.25) is 0 Å². The maximum absolute atomic E-state index is 12.3. The number of pyridine rings is 1. The zero-order valence-corrected chi connectivity index (χ0v) is 16.5. The standard InChI is InChI=1S/C21H16Cl2N4O2/c22-18(14-4-3-11-25-12-14)19(23)21(29)26-15-9-7-13(8-10-15)20(28)27-17-6-2-1-5-16(17)24/h1-12H,24H2,(H,26,29)(H,27,28). The van der Waals surface area contributed by atoms with Crippen LogP contribution in [0.15, 0.2) is 78.1 Å². The van der Waals surface area contributed by atoms with Crippen LogP contribution in [-0.4, -0.2) is 16.8 Å². The minimum atomic E-state index is -0.574. The zero-order chi connectivity index (χ0) is 20.8. The molecule has 0 saturated heterocycles. The molecule has 146 valence electrons. The summed E-state index contributed by atoms with van der Waals surface area (Å²) >= 11 is 12.2. The Morgan fingerprint density at radius 3 is 2.24 bits per heavy atom. The van der Waals surface area contributed by atoms with Gasteiger partial charge in [0, 0.05) is 29.2 Å². The molecule has 2 aromatic carbocycles. The Balaban J connectivity index is 1.68. The van der Waals surface area contributed by atoms with Crippen molar-refractivity contribution in [3.63, 3.8) is 0 Å². The summed E-state index contributed by atoms with van der Waals surface area (Å²) in [6.07, 6.45) is 3.09. The molecule has 0 atom stereocenters. The van der Waals surface area contributed by atoms with Crippen molar-refractivity contribution in [1.29, 1.82) is 0 Å². The Morgan fingerprint density at radius 1 is 0.862 bits per heavy atom. The number of hydrogen-bond acceptors (Lipinski definition) is 4. The quantitative estimate of drug-likeness (QED) is 0.406. The number of carbonyl (C=O) groups is 2. The molecule has 1 aromatic heterocycles. The number of benzene rings is 2. The van der Waals surface area contributed by atoms with Crippen LogP contribution in [0.4, 0.5) is 17.1 Å². The fourth-order valence-electron chi connectivity index (χ4n) is 2.42. The number of nitrogens with one attached hydrogen (secondary N) is 2. The lowest BCUT2D eigenvalue weighted by molar-refractivity contribution is -0.112. The van der Waals surface area contributed by atoms with E-state index >= 15 is 0 Å². The molecule has 1 heterocycles. The maximum atomic E-state index is 12.3. The summed E-state index contributed by atoms with van der Waals surface area (Å²) < 4.78 is 0. The van der Waals surface area contributed by atoms with E-state index in [0.29, 0.717) is 28.2 Å². The van der Waals surface area contributed by atoms with Crippen molar-refractivity contribution >= 4 is 57.1 Å². The summed E-state index contributed by atoms with van der Waals surface area (Å²) in [5, 5.41) is 5.29. The molecule has 0 aliphatic heterocycles. The van der Waals surface area contributed by atoms with Gasteiger partial charge in [0.05, 0.1) is 16.4 Å². The number of carbonyl (C=O) groups excluding carboxylic acids is 2. The van der Waals surface area contributed by atoms with E-state index in [2.05, 4.69) is 15.6 Å². The number of nitrogens with two attached hydrogens (primary N) is 1. The number of rotatable bonds is 5. The first-order valence-electron chi connectivity index (χ1n) is 8.48. The summed E-state index contributed by atoms with van der Waals surface area (Å²) in [7, 11) is 0. The lowest BCUT2D eigenvalue weighted by Crippen LogP contribution is -2.14. The molecule has 3 rings (SSSR count). The number of halogens is 2. The molecule has 0 aliphatic carbocycles. The van der Waals surface area contributed by atoms with Crippen LogP contribution in [0.1, 0.15) is 15.9 Å². The number of anilines is 3. The minimum absolute atomic E-state index is 0.0914. The highest BCUT2D eigenvalue weighted by molar-refractivity contribution is 6.60. The van der Waals surface area contributed by atoms with Gasteiger partial charge in [-0.1, -0.05) is 41.4 Å². The van der Waals surface area contributed by atoms with E-state index in [1.165, 1.54) is 6.20 Å². The molecule has 4 N–H and O–H groups in total. The molecular weight excluding hydrogens is 411 g/mol. The monoisotopic (exact) mass is 426 g/mol. The van der Waals surface area contributed by atoms with E-state index in [9.17, 15) is 9.59 Å². The van der Waals surface area contributed by atoms with Crippen LogP contribution in [0.3, 0.4) is 0 Å². The lowest BCUT2D eigenvalue weighted by Gasteiger charge is -2.09. The second-order valence-electron chi connectivity index (χ2n) is 5.94. The number of hydrogen-bond donors (Lipinski definition) is 3. The summed E-state index contributed by atoms with van der Waals surface area (Å²) in [6, 6.07) is 16.7. The van der Waals surface area contributed by atoms with E-state index in [0.717, 1.165) is 0 Å². The maximum Gasteiger partial charge on any atom is 0.268 e. The third-order valence-corrected chi connectivity index (χ3v) is 4.79. The zero-order valence-electron chi connectivity index (χ0n) is 15.0. The first-order chi connectivity index (χ1) is 14.0. The van der Waals surface area contributed by atoms with Gasteiger partial charge in [0.25, 0.3) is 11.8 Å². The molecule has 3 aromatic rings. The Labute approximate surface area is 177 Å². The normalized spacial score (nSPS) is 11.4. The van der Waals surface area contributed by atoms with Gasteiger partial charge >= 0.3 is 0 Å². The molecular formula is C21H16Cl2N4O2. The van der Waals surface area contributed by atoms with Crippen molar-refractivity contribution in [3.8, 4) is 0 Å². The molecule has 2 amide bonds. The van der Waals surface area contributed by atoms with Gasteiger partial charge in [-0.15, -0.1) is 0 Å². The SMILES string of the molecule is Nc1ccccc1NC(=O)c1ccc(NC(=O)C(Cl)=C(Cl)c2cccnc2)cc1. The summed E-state index contributed by atoms with van der Waals surface area (Å²) in [4.78, 5) is 28.6. The van der Waals surface area contributed by atoms with Crippen molar-refractivity contribution in [2.24, 2.45) is 0 Å². The van der Waals surface area contributed by atoms with Gasteiger partial charge in [-0.2, -0.15) is 0 Å². The molecule has 0 aliphatic rings. The largest absolute Gasteiger partial charge is 0.397 e. The summed E-state index contributed by atoms with van der Waals surface area (Å²) in [6.45, 7) is 0. The number of nitrogens with zero attached hydrogens (tertiary/aromatic N) is 1. The van der Waals surface area contributed by atoms with E-state index in [1.807, 2.05) is 0 Å². The van der Waals surface area contributed by atoms with Gasteiger partial charge in [-0.05, 0) is 42.5 Å². The average molecular weight is 427 g/mol. The molecule has 0 saturated carbocycles. The number of amides is 2. The highest BCUT2D eigenvalue weighted by atomic mass is 35.5. The van der Waals surface area contributed by atoms with Crippen LogP contribution < -0.4 is 16.4 Å². The van der Waals surface area contributed by atoms with Crippen LogP contribution >= 0.6 is 23.2 Å². The van der Waals surface area contributed by atoms with Crippen molar-refractivity contribution < 1.29 is 9.59 Å². The molecule has 0 fully saturated rings. The number of aromatic nitrogens is 1. The van der Waals surface area contributed by atoms with Crippen LogP contribution in [0.2, 0.25) is 0 Å². The highest BCUT2D eigenvalue weighted by Crippen LogP contribution is 2.26. The predicted octanol–water partition coefficient (Wildman–Crippen LogP) is 4.70. The van der Waals surface area contributed by atoms with Gasteiger partial charge in [-0.3, -0.25) is 14.6 Å². The van der Waals surface area contributed by atoms with Crippen molar-refractivity contribution in [1.82, 2.24) is 4.98 Å². The van der Waals surface area contributed by atoms with Gasteiger partial charge in [0.1, 0.15) is 5.03 Å². The second kappa shape index (κ2) is 9.23. The second-order valence-corrected chi connectivity index (χ2v) is 6.70. The third kappa shape index (κ3) is 5.13. The lowest BCUT2D eigenvalue weighted by atomic mass is 10.1. The fraction of sp³-hybridized carbons (Fsp3) is 0. The van der Waals surface area contributed by atoms with E-state index in [-0.39, 0.29) is 16.0 Å². The van der Waals surface area contributed by atoms with E-state index in [4.69, 9.17) is 28.9 Å². The summed E-state index contributed by atoms with van der Waals surface area (Å²) in [5.41, 5.74) is 8.21. The van der Waals surface area contributed by atoms with E-state index < -0.39 is 5.91 Å². The predicted molar refractivity (Wildman–Crippen MR) is 117 cm³/mol. The van der Waals surface area contributed by atoms with Gasteiger partial charge in [-0.25, -0.2) is 0 Å². The molecule has 0 radical (unpaired) electrons. The van der Waals surface area contributed by atoms with Crippen LogP contribution in [-0.2, 0) is 4.79 Å². The molecule has 0 unspecified atom stereocenters. The van der Waals surface area contributed by atoms with Crippen molar-refractivity contribution in [2.45, 2.75) is 0 Å². The third-order valence-electron chi connectivity index (χ3n) is 3.92. The molecule has 0 bridgehead atoms. The Kier molecular flexibility index (Phi) is 6.49. The van der Waals surface area contributed by atoms with Gasteiger partial charge in [0.15, 0.2) is 0 Å². The van der Waals surface area contributed by atoms with E-state index in [1.54, 1.807) is 66.9 Å². The first kappa shape index (κ1) is 20.4. The average Bonchev–Trinajstić information content (AvgIpc) is 2.75. The number of para-hydroxylation sites is 2. The van der Waals surface area contributed by atoms with Crippen LogP contribution in [0.25, 0.3) is 5.03 Å². The smallest absolute Gasteiger partial charge is 0.268 e. The molecule has 8 heteroatoms. The Morgan fingerprint density at radius 2 is 1.59 bits per heavy atom. The van der Waals surface area contributed by atoms with Crippen LogP contribution in [0, 0.1) is 0 Å². The topological polar surface area (TPSA) is 97.1 Å². The Hall–Kier alpha value is -3.35. The molecule has 6 nitrogen and oxygen atoms in total. The van der Waals surface area contributed by atoms with Gasteiger partial charge < -0.3 is 16.4 Å². The summed E-state index contributed by atoms with van der Waals surface area (Å²) in [5.74, 6) is -0.895. The fourth-order valence-corrected chi connectivity index (χ4v) is 2.77. The highest BCUT2D eigenvalue weighted by Gasteiger charge is 2.14. The minimum Gasteiger partial charge on any atom is -0.397 e. The molecule has 29 heavy (non-hydrogen) atoms. The Bertz CT molecular complexity index is 1070.